The summed E-state index contributed by atoms with van der Waals surface area (Å²) >= 11 is 1.86. The van der Waals surface area contributed by atoms with E-state index in [-0.39, 0.29) is 0 Å². The van der Waals surface area contributed by atoms with Gasteiger partial charge in [-0.3, -0.25) is 0 Å². The van der Waals surface area contributed by atoms with Crippen molar-refractivity contribution in [2.45, 2.75) is 0 Å². The Morgan fingerprint density at radius 2 is 0.831 bits per heavy atom. The highest BCUT2D eigenvalue weighted by atomic mass is 32.1. The Labute approximate surface area is 344 Å². The molecule has 0 aliphatic carbocycles. The number of hydrogen-bond acceptors (Lipinski definition) is 4. The molecule has 0 unspecified atom stereocenters. The molecule has 0 N–H and O–H groups in total. The minimum Gasteiger partial charge on any atom is -0.246 e. The van der Waals surface area contributed by atoms with Gasteiger partial charge in [0.2, 0.25) is 0 Å². The topological polar surface area (TPSA) is 38.7 Å². The molecule has 3 heterocycles. The van der Waals surface area contributed by atoms with Crippen molar-refractivity contribution in [1.29, 1.82) is 0 Å². The molecule has 9 aromatic carbocycles. The van der Waals surface area contributed by atoms with Crippen molar-refractivity contribution < 1.29 is 0 Å². The van der Waals surface area contributed by atoms with Crippen LogP contribution in [-0.4, -0.2) is 15.0 Å². The fourth-order valence-corrected chi connectivity index (χ4v) is 10.1. The van der Waals surface area contributed by atoms with Gasteiger partial charge in [0.1, 0.15) is 0 Å². The van der Waals surface area contributed by atoms with Crippen molar-refractivity contribution in [3.63, 3.8) is 0 Å². The maximum absolute atomic E-state index is 5.68. The summed E-state index contributed by atoms with van der Waals surface area (Å²) in [6.45, 7) is 0. The predicted octanol–water partition coefficient (Wildman–Crippen LogP) is 15.2. The van der Waals surface area contributed by atoms with Crippen molar-refractivity contribution in [3.05, 3.63) is 200 Å². The molecule has 3 aromatic heterocycles. The van der Waals surface area contributed by atoms with Gasteiger partial charge >= 0.3 is 0 Å². The van der Waals surface area contributed by atoms with Gasteiger partial charge in [-0.2, -0.15) is 0 Å². The molecule has 4 heteroatoms. The number of aromatic nitrogens is 3. The van der Waals surface area contributed by atoms with E-state index in [0.29, 0.717) is 5.82 Å². The molecule has 59 heavy (non-hydrogen) atoms. The summed E-state index contributed by atoms with van der Waals surface area (Å²) in [6, 6.07) is 71.3. The zero-order chi connectivity index (χ0) is 38.9. The number of benzene rings is 9. The van der Waals surface area contributed by atoms with Crippen LogP contribution >= 0.6 is 11.3 Å². The van der Waals surface area contributed by atoms with E-state index in [2.05, 4.69) is 164 Å². The Morgan fingerprint density at radius 1 is 0.322 bits per heavy atom. The maximum atomic E-state index is 5.68. The molecule has 0 aliphatic rings. The number of hydrogen-bond donors (Lipinski definition) is 0. The van der Waals surface area contributed by atoms with Gasteiger partial charge in [0.05, 0.1) is 22.6 Å². The second-order valence-electron chi connectivity index (χ2n) is 15.1. The summed E-state index contributed by atoms with van der Waals surface area (Å²) in [4.78, 5) is 15.8. The van der Waals surface area contributed by atoms with Crippen molar-refractivity contribution in [3.8, 4) is 56.3 Å². The highest BCUT2D eigenvalue weighted by Gasteiger charge is 2.20. The lowest BCUT2D eigenvalue weighted by atomic mass is 9.92. The van der Waals surface area contributed by atoms with Gasteiger partial charge in [0.25, 0.3) is 0 Å². The molecular formula is C55H33N3S. The first-order chi connectivity index (χ1) is 29.2. The number of rotatable bonds is 5. The first kappa shape index (κ1) is 33.6. The van der Waals surface area contributed by atoms with Crippen LogP contribution < -0.4 is 0 Å². The summed E-state index contributed by atoms with van der Waals surface area (Å²) in [5.41, 5.74) is 10.2. The van der Waals surface area contributed by atoms with E-state index in [9.17, 15) is 0 Å². The number of para-hydroxylation sites is 1. The standard InChI is InChI=1S/C55H33N3S/c1-3-14-35(15-4-1)48-33-49(57-55(56-48)37-16-5-2-6-17-37)36-28-26-34(27-29-36)39-23-13-24-46-53(39)58-52(51-45-22-11-12-25-50(45)59-54(46)51)38-30-31-44-42-20-8-7-18-40(42)41-19-9-10-21-43(41)47(44)32-38/h1-33H. The van der Waals surface area contributed by atoms with Crippen LogP contribution in [-0.2, 0) is 0 Å². The van der Waals surface area contributed by atoms with Crippen LogP contribution in [0.25, 0.3) is 120 Å². The zero-order valence-corrected chi connectivity index (χ0v) is 32.6. The van der Waals surface area contributed by atoms with Crippen molar-refractivity contribution >= 4 is 74.7 Å². The molecule has 3 nitrogen and oxygen atoms in total. The highest BCUT2D eigenvalue weighted by Crippen LogP contribution is 2.46. The van der Waals surface area contributed by atoms with E-state index >= 15 is 0 Å². The van der Waals surface area contributed by atoms with Crippen LogP contribution in [0.1, 0.15) is 0 Å². The first-order valence-electron chi connectivity index (χ1n) is 19.9. The maximum Gasteiger partial charge on any atom is 0.160 e. The van der Waals surface area contributed by atoms with E-state index in [1.165, 1.54) is 57.9 Å². The van der Waals surface area contributed by atoms with Gasteiger partial charge in [0.15, 0.2) is 5.82 Å². The van der Waals surface area contributed by atoms with E-state index in [1.807, 2.05) is 47.7 Å². The Hall–Kier alpha value is -7.53. The average Bonchev–Trinajstić information content (AvgIpc) is 3.72. The monoisotopic (exact) mass is 767 g/mol. The lowest BCUT2D eigenvalue weighted by Crippen LogP contribution is -1.96. The van der Waals surface area contributed by atoms with Gasteiger partial charge in [0, 0.05) is 53.4 Å². The van der Waals surface area contributed by atoms with Gasteiger partial charge in [-0.15, -0.1) is 11.3 Å². The number of fused-ring (bicyclic) bond motifs is 11. The predicted molar refractivity (Wildman–Crippen MR) is 250 cm³/mol. The third kappa shape index (κ3) is 5.53. The SMILES string of the molecule is c1ccc(-c2cc(-c3ccc(-c4cccc5c4nc(-c4ccc6c7ccccc7c7ccccc7c6c4)c4c6ccccc6sc54)cc3)nc(-c3ccccc3)n2)cc1. The van der Waals surface area contributed by atoms with E-state index in [1.54, 1.807) is 0 Å². The van der Waals surface area contributed by atoms with Crippen LogP contribution in [0.4, 0.5) is 0 Å². The molecule has 0 saturated heterocycles. The second-order valence-corrected chi connectivity index (χ2v) is 16.1. The minimum absolute atomic E-state index is 0.707. The summed E-state index contributed by atoms with van der Waals surface area (Å²) in [6.07, 6.45) is 0. The van der Waals surface area contributed by atoms with Gasteiger partial charge in [-0.1, -0.05) is 182 Å². The zero-order valence-electron chi connectivity index (χ0n) is 31.8. The lowest BCUT2D eigenvalue weighted by molar-refractivity contribution is 1.18. The lowest BCUT2D eigenvalue weighted by Gasteiger charge is -2.14. The summed E-state index contributed by atoms with van der Waals surface area (Å²) < 4.78 is 2.52. The molecular weight excluding hydrogens is 735 g/mol. The fraction of sp³-hybridized carbons (Fsp3) is 0. The van der Waals surface area contributed by atoms with Crippen molar-refractivity contribution in [2.75, 3.05) is 0 Å². The molecule has 12 aromatic rings. The summed E-state index contributed by atoms with van der Waals surface area (Å²) in [5, 5.41) is 11.2. The molecule has 0 amide bonds. The molecule has 0 atom stereocenters. The third-order valence-corrected chi connectivity index (χ3v) is 12.9. The molecule has 0 fully saturated rings. The molecule has 0 bridgehead atoms. The molecule has 12 rings (SSSR count). The summed E-state index contributed by atoms with van der Waals surface area (Å²) in [5.74, 6) is 0.707. The Bertz CT molecular complexity index is 3500. The van der Waals surface area contributed by atoms with Crippen molar-refractivity contribution in [1.82, 2.24) is 15.0 Å². The Kier molecular flexibility index (Phi) is 7.72. The average molecular weight is 768 g/mol. The third-order valence-electron chi connectivity index (χ3n) is 11.7. The van der Waals surface area contributed by atoms with E-state index in [0.717, 1.165) is 56.0 Å². The second kappa shape index (κ2) is 13.6. The molecule has 274 valence electrons. The normalized spacial score (nSPS) is 11.7. The largest absolute Gasteiger partial charge is 0.246 e. The number of pyridine rings is 1. The van der Waals surface area contributed by atoms with Gasteiger partial charge in [-0.25, -0.2) is 15.0 Å². The summed E-state index contributed by atoms with van der Waals surface area (Å²) in [7, 11) is 0. The number of thiophene rings is 1. The fourth-order valence-electron chi connectivity index (χ4n) is 8.87. The van der Waals surface area contributed by atoms with Gasteiger partial charge < -0.3 is 0 Å². The van der Waals surface area contributed by atoms with Crippen LogP contribution in [0.5, 0.6) is 0 Å². The quantitative estimate of drug-likeness (QED) is 0.164. The van der Waals surface area contributed by atoms with E-state index < -0.39 is 0 Å². The van der Waals surface area contributed by atoms with Crippen LogP contribution in [0.3, 0.4) is 0 Å². The first-order valence-corrected chi connectivity index (χ1v) is 20.8. The van der Waals surface area contributed by atoms with Gasteiger partial charge in [-0.05, 0) is 56.1 Å². The molecule has 0 radical (unpaired) electrons. The van der Waals surface area contributed by atoms with Crippen LogP contribution in [0.15, 0.2) is 200 Å². The van der Waals surface area contributed by atoms with Crippen molar-refractivity contribution in [2.24, 2.45) is 0 Å². The van der Waals surface area contributed by atoms with Crippen LogP contribution in [0, 0.1) is 0 Å². The Morgan fingerprint density at radius 3 is 1.51 bits per heavy atom. The van der Waals surface area contributed by atoms with E-state index in [4.69, 9.17) is 15.0 Å². The molecule has 0 spiro atoms. The Balaban J connectivity index is 1.05. The van der Waals surface area contributed by atoms with Crippen LogP contribution in [0.2, 0.25) is 0 Å². The number of nitrogens with zero attached hydrogens (tertiary/aromatic N) is 3. The molecule has 0 aliphatic heterocycles. The molecule has 0 saturated carbocycles. The smallest absolute Gasteiger partial charge is 0.160 e. The minimum atomic E-state index is 0.707. The highest BCUT2D eigenvalue weighted by molar-refractivity contribution is 7.26.